The van der Waals surface area contributed by atoms with Gasteiger partial charge in [-0.05, 0) is 37.6 Å². The van der Waals surface area contributed by atoms with Crippen molar-refractivity contribution in [3.8, 4) is 17.2 Å². The van der Waals surface area contributed by atoms with Crippen LogP contribution in [-0.4, -0.2) is 27.9 Å². The fourth-order valence-electron chi connectivity index (χ4n) is 1.78. The number of nitrogens with one attached hydrogen (secondary N) is 1. The molecule has 0 bridgehead atoms. The van der Waals surface area contributed by atoms with Gasteiger partial charge in [0, 0.05) is 6.54 Å². The van der Waals surface area contributed by atoms with Crippen molar-refractivity contribution in [3.63, 3.8) is 0 Å². The average Bonchev–Trinajstić information content (AvgIpc) is 2.44. The summed E-state index contributed by atoms with van der Waals surface area (Å²) in [6, 6.07) is 3.92. The molecule has 0 radical (unpaired) electrons. The molecule has 4 nitrogen and oxygen atoms in total. The zero-order valence-electron chi connectivity index (χ0n) is 12.0. The van der Waals surface area contributed by atoms with Crippen LogP contribution in [-0.2, 0) is 6.54 Å². The van der Waals surface area contributed by atoms with Crippen molar-refractivity contribution in [2.24, 2.45) is 0 Å². The molecule has 0 unspecified atom stereocenters. The summed E-state index contributed by atoms with van der Waals surface area (Å²) >= 11 is 0. The van der Waals surface area contributed by atoms with Gasteiger partial charge in [-0.1, -0.05) is 6.08 Å². The Morgan fingerprint density at radius 2 is 1.84 bits per heavy atom. The molecule has 106 valence electrons. The van der Waals surface area contributed by atoms with Crippen molar-refractivity contribution < 1.29 is 14.2 Å². The lowest BCUT2D eigenvalue weighted by atomic mass is 10.2. The predicted octanol–water partition coefficient (Wildman–Crippen LogP) is 2.77. The molecule has 0 aromatic heterocycles. The molecule has 1 aromatic rings. The van der Waals surface area contributed by atoms with Crippen molar-refractivity contribution >= 4 is 0 Å². The van der Waals surface area contributed by atoms with Crippen molar-refractivity contribution in [2.45, 2.75) is 19.4 Å². The third-order valence-corrected chi connectivity index (χ3v) is 2.70. The number of benzene rings is 1. The molecule has 0 aliphatic heterocycles. The lowest BCUT2D eigenvalue weighted by Crippen LogP contribution is -2.07. The van der Waals surface area contributed by atoms with E-state index in [1.807, 2.05) is 25.3 Å². The van der Waals surface area contributed by atoms with Crippen LogP contribution in [0.3, 0.4) is 0 Å². The zero-order valence-corrected chi connectivity index (χ0v) is 12.0. The van der Waals surface area contributed by atoms with Crippen molar-refractivity contribution in [1.82, 2.24) is 5.32 Å². The second-order valence-corrected chi connectivity index (χ2v) is 4.14. The topological polar surface area (TPSA) is 39.7 Å². The Kier molecular flexibility index (Phi) is 6.82. The molecule has 0 spiro atoms. The van der Waals surface area contributed by atoms with Crippen LogP contribution in [0.2, 0.25) is 0 Å². The third kappa shape index (κ3) is 4.48. The summed E-state index contributed by atoms with van der Waals surface area (Å²) in [7, 11) is 5.17. The van der Waals surface area contributed by atoms with Gasteiger partial charge in [-0.2, -0.15) is 0 Å². The van der Waals surface area contributed by atoms with Gasteiger partial charge in [0.25, 0.3) is 0 Å². The highest BCUT2D eigenvalue weighted by molar-refractivity contribution is 5.53. The number of hydrogen-bond donors (Lipinski definition) is 1. The van der Waals surface area contributed by atoms with E-state index in [2.05, 4.69) is 11.9 Å². The van der Waals surface area contributed by atoms with Crippen molar-refractivity contribution in [2.75, 3.05) is 27.9 Å². The molecule has 0 saturated heterocycles. The monoisotopic (exact) mass is 265 g/mol. The molecule has 1 N–H and O–H groups in total. The van der Waals surface area contributed by atoms with Gasteiger partial charge in [-0.25, -0.2) is 0 Å². The van der Waals surface area contributed by atoms with Crippen LogP contribution in [0.15, 0.2) is 24.8 Å². The first-order chi connectivity index (χ1) is 9.26. The van der Waals surface area contributed by atoms with E-state index < -0.39 is 0 Å². The normalized spacial score (nSPS) is 10.1. The lowest BCUT2D eigenvalue weighted by molar-refractivity contribution is 0.271. The Morgan fingerprint density at radius 1 is 1.21 bits per heavy atom. The minimum Gasteiger partial charge on any atom is -0.493 e. The number of unbranched alkanes of at least 4 members (excludes halogenated alkanes) is 1. The summed E-state index contributed by atoms with van der Waals surface area (Å²) in [6.07, 6.45) is 3.74. The molecule has 0 heterocycles. The van der Waals surface area contributed by atoms with E-state index in [1.165, 1.54) is 0 Å². The lowest BCUT2D eigenvalue weighted by Gasteiger charge is -2.16. The Balaban J connectivity index is 2.89. The van der Waals surface area contributed by atoms with Crippen LogP contribution in [0.4, 0.5) is 0 Å². The smallest absolute Gasteiger partial charge is 0.203 e. The van der Waals surface area contributed by atoms with E-state index in [-0.39, 0.29) is 0 Å². The first kappa shape index (κ1) is 15.4. The van der Waals surface area contributed by atoms with Gasteiger partial charge >= 0.3 is 0 Å². The van der Waals surface area contributed by atoms with Crippen LogP contribution in [0, 0.1) is 0 Å². The van der Waals surface area contributed by atoms with Gasteiger partial charge in [-0.3, -0.25) is 0 Å². The van der Waals surface area contributed by atoms with Gasteiger partial charge in [0.2, 0.25) is 5.75 Å². The molecule has 0 saturated carbocycles. The maximum Gasteiger partial charge on any atom is 0.203 e. The minimum absolute atomic E-state index is 0.615. The maximum absolute atomic E-state index is 5.77. The molecule has 1 rings (SSSR count). The summed E-state index contributed by atoms with van der Waals surface area (Å²) in [5, 5.41) is 3.10. The summed E-state index contributed by atoms with van der Waals surface area (Å²) in [5.74, 6) is 2.06. The zero-order chi connectivity index (χ0) is 14.1. The Labute approximate surface area is 115 Å². The van der Waals surface area contributed by atoms with Crippen LogP contribution in [0.5, 0.6) is 17.2 Å². The summed E-state index contributed by atoms with van der Waals surface area (Å²) in [4.78, 5) is 0. The van der Waals surface area contributed by atoms with Gasteiger partial charge in [0.15, 0.2) is 11.5 Å². The molecule has 19 heavy (non-hydrogen) atoms. The molecular formula is C15H23NO3. The van der Waals surface area contributed by atoms with Gasteiger partial charge in [0.1, 0.15) is 0 Å². The highest BCUT2D eigenvalue weighted by Gasteiger charge is 2.13. The first-order valence-electron chi connectivity index (χ1n) is 6.40. The van der Waals surface area contributed by atoms with E-state index >= 15 is 0 Å². The second kappa shape index (κ2) is 8.43. The molecule has 0 amide bonds. The quantitative estimate of drug-likeness (QED) is 0.550. The summed E-state index contributed by atoms with van der Waals surface area (Å²) in [5.41, 5.74) is 1.09. The molecule has 0 aliphatic rings. The first-order valence-corrected chi connectivity index (χ1v) is 6.40. The van der Waals surface area contributed by atoms with E-state index in [0.29, 0.717) is 23.9 Å². The average molecular weight is 265 g/mol. The van der Waals surface area contributed by atoms with Gasteiger partial charge in [-0.15, -0.1) is 6.58 Å². The molecule has 0 aliphatic carbocycles. The fraction of sp³-hybridized carbons (Fsp3) is 0.467. The maximum atomic E-state index is 5.77. The molecule has 1 aromatic carbocycles. The number of ether oxygens (including phenoxy) is 3. The van der Waals surface area contributed by atoms with Crippen LogP contribution >= 0.6 is 0 Å². The fourth-order valence-corrected chi connectivity index (χ4v) is 1.78. The van der Waals surface area contributed by atoms with Crippen LogP contribution < -0.4 is 19.5 Å². The third-order valence-electron chi connectivity index (χ3n) is 2.70. The number of rotatable bonds is 9. The van der Waals surface area contributed by atoms with Crippen molar-refractivity contribution in [3.05, 3.63) is 30.4 Å². The minimum atomic E-state index is 0.615. The van der Waals surface area contributed by atoms with Gasteiger partial charge in [0.05, 0.1) is 20.8 Å². The van der Waals surface area contributed by atoms with E-state index in [0.717, 1.165) is 24.9 Å². The van der Waals surface area contributed by atoms with Gasteiger partial charge < -0.3 is 19.5 Å². The summed E-state index contributed by atoms with van der Waals surface area (Å²) in [6.45, 7) is 5.06. The molecular weight excluding hydrogens is 242 g/mol. The standard InChI is InChI=1S/C15H23NO3/c1-5-6-7-8-19-15-13(17-3)9-12(11-16-2)10-14(15)18-4/h5,9-10,16H,1,6-8,11H2,2-4H3. The molecule has 0 atom stereocenters. The Hall–Kier alpha value is -1.68. The number of methoxy groups -OCH3 is 2. The highest BCUT2D eigenvalue weighted by atomic mass is 16.5. The van der Waals surface area contributed by atoms with Crippen LogP contribution in [0.1, 0.15) is 18.4 Å². The highest BCUT2D eigenvalue weighted by Crippen LogP contribution is 2.38. The number of hydrogen-bond acceptors (Lipinski definition) is 4. The van der Waals surface area contributed by atoms with E-state index in [4.69, 9.17) is 14.2 Å². The van der Waals surface area contributed by atoms with E-state index in [1.54, 1.807) is 14.2 Å². The molecule has 4 heteroatoms. The summed E-state index contributed by atoms with van der Waals surface area (Å²) < 4.78 is 16.5. The second-order valence-electron chi connectivity index (χ2n) is 4.14. The number of allylic oxidation sites excluding steroid dienone is 1. The van der Waals surface area contributed by atoms with Crippen LogP contribution in [0.25, 0.3) is 0 Å². The SMILES string of the molecule is C=CCCCOc1c(OC)cc(CNC)cc1OC. The van der Waals surface area contributed by atoms with Crippen molar-refractivity contribution in [1.29, 1.82) is 0 Å². The Bertz CT molecular complexity index is 379. The van der Waals surface area contributed by atoms with E-state index in [9.17, 15) is 0 Å². The Morgan fingerprint density at radius 3 is 2.32 bits per heavy atom. The molecule has 0 fully saturated rings. The predicted molar refractivity (Wildman–Crippen MR) is 77.2 cm³/mol. The largest absolute Gasteiger partial charge is 0.493 e.